The second-order valence-electron chi connectivity index (χ2n) is 8.30. The molecule has 5 heteroatoms. The van der Waals surface area contributed by atoms with Crippen molar-refractivity contribution in [2.24, 2.45) is 17.8 Å². The molecule has 160 valence electrons. The van der Waals surface area contributed by atoms with E-state index in [1.807, 2.05) is 37.3 Å². The number of hydrogen-bond donors (Lipinski definition) is 1. The first-order valence-electron chi connectivity index (χ1n) is 11.0. The molecule has 1 aliphatic carbocycles. The number of rotatable bonds is 5. The number of para-hydroxylation sites is 2. The monoisotopic (exact) mass is 416 g/mol. The van der Waals surface area contributed by atoms with Crippen molar-refractivity contribution < 1.29 is 14.4 Å². The van der Waals surface area contributed by atoms with Crippen molar-refractivity contribution in [1.82, 2.24) is 0 Å². The highest BCUT2D eigenvalue weighted by molar-refractivity contribution is 6.25. The van der Waals surface area contributed by atoms with Crippen LogP contribution >= 0.6 is 0 Å². The van der Waals surface area contributed by atoms with Gasteiger partial charge in [-0.15, -0.1) is 0 Å². The van der Waals surface area contributed by atoms with Gasteiger partial charge in [-0.3, -0.25) is 14.4 Å². The van der Waals surface area contributed by atoms with Crippen LogP contribution in [0.4, 0.5) is 11.4 Å². The summed E-state index contributed by atoms with van der Waals surface area (Å²) in [7, 11) is 0. The Hall–Kier alpha value is -3.21. The van der Waals surface area contributed by atoms with E-state index in [9.17, 15) is 14.4 Å². The summed E-state index contributed by atoms with van der Waals surface area (Å²) >= 11 is 0. The maximum Gasteiger partial charge on any atom is 0.257 e. The molecule has 0 saturated carbocycles. The molecule has 2 aliphatic rings. The van der Waals surface area contributed by atoms with Crippen LogP contribution in [-0.2, 0) is 22.4 Å². The Labute approximate surface area is 183 Å². The second kappa shape index (κ2) is 8.50. The fourth-order valence-electron chi connectivity index (χ4n) is 4.83. The van der Waals surface area contributed by atoms with Crippen LogP contribution in [0.25, 0.3) is 0 Å². The summed E-state index contributed by atoms with van der Waals surface area (Å²) in [5.41, 5.74) is 3.63. The van der Waals surface area contributed by atoms with Crippen LogP contribution in [0.3, 0.4) is 0 Å². The lowest BCUT2D eigenvalue weighted by molar-refractivity contribution is -0.122. The second-order valence-corrected chi connectivity index (χ2v) is 8.30. The fourth-order valence-corrected chi connectivity index (χ4v) is 4.83. The maximum atomic E-state index is 13.3. The van der Waals surface area contributed by atoms with Crippen molar-refractivity contribution >= 4 is 29.1 Å². The van der Waals surface area contributed by atoms with Crippen molar-refractivity contribution in [1.29, 1.82) is 0 Å². The number of aryl methyl sites for hydroxylation is 2. The molecule has 1 saturated heterocycles. The molecule has 0 bridgehead atoms. The number of carbonyl (C=O) groups excluding carboxylic acids is 3. The molecule has 31 heavy (non-hydrogen) atoms. The van der Waals surface area contributed by atoms with Gasteiger partial charge in [0.25, 0.3) is 5.91 Å². The van der Waals surface area contributed by atoms with Gasteiger partial charge in [0.1, 0.15) is 0 Å². The molecule has 3 amide bonds. The minimum absolute atomic E-state index is 0.00438. The molecule has 0 aromatic heterocycles. The van der Waals surface area contributed by atoms with Crippen LogP contribution < -0.4 is 10.2 Å². The number of nitrogens with zero attached hydrogens (tertiary/aromatic N) is 1. The van der Waals surface area contributed by atoms with Gasteiger partial charge in [-0.25, -0.2) is 4.90 Å². The Kier molecular flexibility index (Phi) is 5.77. The molecule has 1 N–H and O–H groups in total. The van der Waals surface area contributed by atoms with Crippen LogP contribution in [0.2, 0.25) is 0 Å². The molecule has 0 spiro atoms. The van der Waals surface area contributed by atoms with Crippen LogP contribution in [-0.4, -0.2) is 17.7 Å². The Morgan fingerprint density at radius 3 is 2.32 bits per heavy atom. The van der Waals surface area contributed by atoms with E-state index in [0.717, 1.165) is 29.7 Å². The zero-order valence-electron chi connectivity index (χ0n) is 18.2. The Balaban J connectivity index is 1.70. The number of anilines is 2. The molecule has 0 unspecified atom stereocenters. The molecule has 3 atom stereocenters. The molecule has 4 rings (SSSR count). The summed E-state index contributed by atoms with van der Waals surface area (Å²) < 4.78 is 0. The lowest BCUT2D eigenvalue weighted by Crippen LogP contribution is -2.33. The van der Waals surface area contributed by atoms with Gasteiger partial charge < -0.3 is 5.32 Å². The summed E-state index contributed by atoms with van der Waals surface area (Å²) in [4.78, 5) is 41.0. The van der Waals surface area contributed by atoms with E-state index in [0.29, 0.717) is 17.7 Å². The summed E-state index contributed by atoms with van der Waals surface area (Å²) in [5.74, 6) is -1.44. The average Bonchev–Trinajstić information content (AvgIpc) is 3.04. The van der Waals surface area contributed by atoms with Gasteiger partial charge in [-0.05, 0) is 48.4 Å². The van der Waals surface area contributed by atoms with Crippen molar-refractivity contribution in [3.05, 3.63) is 71.3 Å². The van der Waals surface area contributed by atoms with Gasteiger partial charge in [0.2, 0.25) is 11.8 Å². The van der Waals surface area contributed by atoms with Crippen molar-refractivity contribution in [2.75, 3.05) is 10.2 Å². The quantitative estimate of drug-likeness (QED) is 0.564. The van der Waals surface area contributed by atoms with E-state index in [4.69, 9.17) is 0 Å². The number of hydrogen-bond acceptors (Lipinski definition) is 3. The van der Waals surface area contributed by atoms with E-state index >= 15 is 0 Å². The lowest BCUT2D eigenvalue weighted by Gasteiger charge is -2.22. The van der Waals surface area contributed by atoms with Crippen LogP contribution in [0.5, 0.6) is 0 Å². The minimum Gasteiger partial charge on any atom is -0.321 e. The zero-order chi connectivity index (χ0) is 22.1. The molecule has 2 aromatic carbocycles. The summed E-state index contributed by atoms with van der Waals surface area (Å²) in [5, 5.41) is 3.06. The largest absolute Gasteiger partial charge is 0.321 e. The van der Waals surface area contributed by atoms with E-state index in [1.54, 1.807) is 24.3 Å². The number of allylic oxidation sites excluding steroid dienone is 2. The third kappa shape index (κ3) is 3.58. The highest BCUT2D eigenvalue weighted by atomic mass is 16.2. The van der Waals surface area contributed by atoms with Crippen LogP contribution in [0.1, 0.15) is 48.7 Å². The van der Waals surface area contributed by atoms with Gasteiger partial charge >= 0.3 is 0 Å². The Morgan fingerprint density at radius 1 is 1.00 bits per heavy atom. The van der Waals surface area contributed by atoms with Gasteiger partial charge in [-0.2, -0.15) is 0 Å². The van der Waals surface area contributed by atoms with Crippen LogP contribution in [0.15, 0.2) is 54.6 Å². The summed E-state index contributed by atoms with van der Waals surface area (Å²) in [6, 6.07) is 12.9. The highest BCUT2D eigenvalue weighted by Crippen LogP contribution is 2.41. The standard InChI is InChI=1S/C26H28N2O3/c1-4-17-11-9-12-18(5-2)23(17)27-24(29)19-13-6-7-15-21(19)28-25(30)20-14-8-10-16(3)22(20)26(28)31/h6-13,15-16,20,22H,4-5,14H2,1-3H3,(H,27,29)/t16-,20+,22+/m1/s1. The number of fused-ring (bicyclic) bond motifs is 1. The number of carbonyl (C=O) groups is 3. The number of benzene rings is 2. The summed E-state index contributed by atoms with van der Waals surface area (Å²) in [6.45, 7) is 6.07. The maximum absolute atomic E-state index is 13.3. The van der Waals surface area contributed by atoms with Crippen LogP contribution in [0, 0.1) is 17.8 Å². The van der Waals surface area contributed by atoms with E-state index in [2.05, 4.69) is 19.2 Å². The predicted molar refractivity (Wildman–Crippen MR) is 122 cm³/mol. The molecular weight excluding hydrogens is 388 g/mol. The molecule has 1 aliphatic heterocycles. The Morgan fingerprint density at radius 2 is 1.68 bits per heavy atom. The number of amides is 3. The SMILES string of the molecule is CCc1cccc(CC)c1NC(=O)c1ccccc1N1C(=O)[C@H]2[C@H](C)C=CC[C@@H]2C1=O. The van der Waals surface area contributed by atoms with E-state index in [-0.39, 0.29) is 35.5 Å². The first-order chi connectivity index (χ1) is 15.0. The number of imide groups is 1. The first-order valence-corrected chi connectivity index (χ1v) is 11.0. The van der Waals surface area contributed by atoms with Gasteiger partial charge in [0.15, 0.2) is 0 Å². The molecular formula is C26H28N2O3. The topological polar surface area (TPSA) is 66.5 Å². The molecule has 5 nitrogen and oxygen atoms in total. The third-order valence-electron chi connectivity index (χ3n) is 6.50. The van der Waals surface area contributed by atoms with Crippen molar-refractivity contribution in [2.45, 2.75) is 40.0 Å². The minimum atomic E-state index is -0.360. The lowest BCUT2D eigenvalue weighted by atomic mass is 9.78. The first kappa shape index (κ1) is 21.0. The van der Waals surface area contributed by atoms with Crippen molar-refractivity contribution in [3.63, 3.8) is 0 Å². The molecule has 1 heterocycles. The van der Waals surface area contributed by atoms with E-state index in [1.165, 1.54) is 4.90 Å². The fraction of sp³-hybridized carbons (Fsp3) is 0.346. The zero-order valence-corrected chi connectivity index (χ0v) is 18.2. The van der Waals surface area contributed by atoms with Gasteiger partial charge in [0, 0.05) is 5.69 Å². The highest BCUT2D eigenvalue weighted by Gasteiger charge is 2.51. The Bertz CT molecular complexity index is 1050. The van der Waals surface area contributed by atoms with Gasteiger partial charge in [0.05, 0.1) is 23.1 Å². The third-order valence-corrected chi connectivity index (χ3v) is 6.50. The normalized spacial score (nSPS) is 22.5. The van der Waals surface area contributed by atoms with Crippen molar-refractivity contribution in [3.8, 4) is 0 Å². The molecule has 0 radical (unpaired) electrons. The predicted octanol–water partition coefficient (Wildman–Crippen LogP) is 4.77. The van der Waals surface area contributed by atoms with E-state index < -0.39 is 0 Å². The summed E-state index contributed by atoms with van der Waals surface area (Å²) in [6.07, 6.45) is 6.13. The number of nitrogens with one attached hydrogen (secondary N) is 1. The smallest absolute Gasteiger partial charge is 0.257 e. The van der Waals surface area contributed by atoms with Gasteiger partial charge in [-0.1, -0.05) is 63.3 Å². The molecule has 2 aromatic rings. The molecule has 1 fully saturated rings. The average molecular weight is 417 g/mol.